The van der Waals surface area contributed by atoms with Gasteiger partial charge in [-0.3, -0.25) is 0 Å². The molecular formula is C44H30. The quantitative estimate of drug-likeness (QED) is 0.191. The smallest absolute Gasteiger partial charge is 0.0000936 e. The van der Waals surface area contributed by atoms with Crippen LogP contribution in [0.5, 0.6) is 0 Å². The highest BCUT2D eigenvalue weighted by molar-refractivity contribution is 6.40. The van der Waals surface area contributed by atoms with Crippen molar-refractivity contribution >= 4 is 33.4 Å². The van der Waals surface area contributed by atoms with Crippen molar-refractivity contribution in [3.63, 3.8) is 0 Å². The zero-order chi connectivity index (χ0) is 29.3. The molecule has 0 radical (unpaired) electrons. The lowest BCUT2D eigenvalue weighted by Crippen LogP contribution is -1.97. The van der Waals surface area contributed by atoms with Gasteiger partial charge < -0.3 is 0 Å². The van der Waals surface area contributed by atoms with Gasteiger partial charge in [-0.15, -0.1) is 0 Å². The third-order valence-electron chi connectivity index (χ3n) is 8.62. The Hall–Kier alpha value is -5.72. The van der Waals surface area contributed by atoms with Gasteiger partial charge >= 0.3 is 0 Å². The van der Waals surface area contributed by atoms with Gasteiger partial charge in [-0.25, -0.2) is 0 Å². The number of benzene rings is 6. The Balaban J connectivity index is 1.62. The molecule has 0 spiro atoms. The second kappa shape index (κ2) is 11.2. The van der Waals surface area contributed by atoms with Gasteiger partial charge in [0.05, 0.1) is 0 Å². The lowest BCUT2D eigenvalue weighted by Gasteiger charge is -2.19. The van der Waals surface area contributed by atoms with E-state index in [4.69, 9.17) is 0 Å². The monoisotopic (exact) mass is 558 g/mol. The fourth-order valence-corrected chi connectivity index (χ4v) is 6.86. The summed E-state index contributed by atoms with van der Waals surface area (Å²) in [6, 6.07) is 65.7. The molecule has 0 atom stereocenters. The molecule has 2 aliphatic carbocycles. The van der Waals surface area contributed by atoms with Crippen molar-refractivity contribution in [2.24, 2.45) is 0 Å². The van der Waals surface area contributed by atoms with Gasteiger partial charge in [-0.05, 0) is 78.0 Å². The van der Waals surface area contributed by atoms with E-state index in [2.05, 4.69) is 182 Å². The molecule has 206 valence electrons. The Bertz CT molecular complexity index is 1920. The van der Waals surface area contributed by atoms with Gasteiger partial charge in [-0.2, -0.15) is 0 Å². The van der Waals surface area contributed by atoms with Crippen LogP contribution >= 0.6 is 0 Å². The third-order valence-corrected chi connectivity index (χ3v) is 8.62. The predicted molar refractivity (Wildman–Crippen MR) is 186 cm³/mol. The van der Waals surface area contributed by atoms with Crippen LogP contribution in [-0.4, -0.2) is 0 Å². The maximum atomic E-state index is 2.27. The first-order valence-corrected chi connectivity index (χ1v) is 15.2. The largest absolute Gasteiger partial charge is 0.0622 e. The molecule has 0 saturated carbocycles. The fraction of sp³-hybridized carbons (Fsp3) is 0. The number of allylic oxidation sites excluding steroid dienone is 8. The number of hydrogen-bond donors (Lipinski definition) is 0. The van der Waals surface area contributed by atoms with Crippen molar-refractivity contribution in [2.75, 3.05) is 0 Å². The molecule has 0 aromatic heterocycles. The van der Waals surface area contributed by atoms with Crippen LogP contribution in [0.1, 0.15) is 33.4 Å². The first kappa shape index (κ1) is 25.9. The van der Waals surface area contributed by atoms with Crippen LogP contribution in [0.2, 0.25) is 0 Å². The predicted octanol–water partition coefficient (Wildman–Crippen LogP) is 11.1. The van der Waals surface area contributed by atoms with Gasteiger partial charge in [0, 0.05) is 0 Å². The molecule has 8 rings (SSSR count). The van der Waals surface area contributed by atoms with E-state index in [1.165, 1.54) is 78.0 Å². The summed E-state index contributed by atoms with van der Waals surface area (Å²) in [4.78, 5) is 0. The molecule has 0 heterocycles. The summed E-state index contributed by atoms with van der Waals surface area (Å²) in [7, 11) is 0. The first-order chi connectivity index (χ1) is 21.9. The molecule has 0 aliphatic heterocycles. The maximum Gasteiger partial charge on any atom is -0.0000936 e. The van der Waals surface area contributed by atoms with E-state index in [-0.39, 0.29) is 0 Å². The molecule has 0 unspecified atom stereocenters. The Kier molecular flexibility index (Phi) is 6.59. The van der Waals surface area contributed by atoms with Crippen LogP contribution in [-0.2, 0) is 0 Å². The lowest BCUT2D eigenvalue weighted by atomic mass is 9.84. The molecule has 0 nitrogen and oxygen atoms in total. The summed E-state index contributed by atoms with van der Waals surface area (Å²) in [6.45, 7) is 0. The summed E-state index contributed by atoms with van der Waals surface area (Å²) in [5, 5.41) is 0. The fourth-order valence-electron chi connectivity index (χ4n) is 6.86. The summed E-state index contributed by atoms with van der Waals surface area (Å²) < 4.78 is 0. The minimum atomic E-state index is 1.22. The van der Waals surface area contributed by atoms with Crippen LogP contribution < -0.4 is 0 Å². The van der Waals surface area contributed by atoms with E-state index < -0.39 is 0 Å². The highest BCUT2D eigenvalue weighted by Crippen LogP contribution is 2.63. The highest BCUT2D eigenvalue weighted by atomic mass is 14.4. The topological polar surface area (TPSA) is 0 Å². The Morgan fingerprint density at radius 2 is 0.273 bits per heavy atom. The van der Waals surface area contributed by atoms with Crippen LogP contribution in [0.4, 0.5) is 0 Å². The molecule has 6 aromatic carbocycles. The molecule has 0 N–H and O–H groups in total. The highest BCUT2D eigenvalue weighted by Gasteiger charge is 2.42. The molecule has 0 heteroatoms. The molecule has 0 amide bonds. The van der Waals surface area contributed by atoms with Crippen molar-refractivity contribution < 1.29 is 0 Å². The minimum absolute atomic E-state index is 1.22. The van der Waals surface area contributed by atoms with Gasteiger partial charge in [0.1, 0.15) is 0 Å². The summed E-state index contributed by atoms with van der Waals surface area (Å²) in [5.74, 6) is 0. The van der Waals surface area contributed by atoms with Crippen molar-refractivity contribution in [1.82, 2.24) is 0 Å². The van der Waals surface area contributed by atoms with Crippen molar-refractivity contribution in [1.29, 1.82) is 0 Å². The van der Waals surface area contributed by atoms with Crippen molar-refractivity contribution in [3.8, 4) is 0 Å². The van der Waals surface area contributed by atoms with Crippen LogP contribution in [0.15, 0.2) is 193 Å². The van der Waals surface area contributed by atoms with E-state index in [0.29, 0.717) is 0 Å². The molecule has 0 saturated heterocycles. The Labute approximate surface area is 259 Å². The Morgan fingerprint density at radius 3 is 0.455 bits per heavy atom. The zero-order valence-electron chi connectivity index (χ0n) is 24.3. The summed E-state index contributed by atoms with van der Waals surface area (Å²) in [6.07, 6.45) is 0. The average molecular weight is 559 g/mol. The van der Waals surface area contributed by atoms with E-state index in [1.54, 1.807) is 0 Å². The Morgan fingerprint density at radius 1 is 0.136 bits per heavy atom. The second-order valence-corrected chi connectivity index (χ2v) is 11.2. The molecule has 6 aromatic rings. The van der Waals surface area contributed by atoms with E-state index in [1.807, 2.05) is 0 Å². The van der Waals surface area contributed by atoms with Gasteiger partial charge in [0.2, 0.25) is 0 Å². The molecule has 2 aliphatic rings. The molecule has 44 heavy (non-hydrogen) atoms. The van der Waals surface area contributed by atoms with E-state index >= 15 is 0 Å². The lowest BCUT2D eigenvalue weighted by molar-refractivity contribution is 1.55. The van der Waals surface area contributed by atoms with Crippen LogP contribution in [0.25, 0.3) is 33.4 Å². The van der Waals surface area contributed by atoms with Gasteiger partial charge in [0.25, 0.3) is 0 Å². The first-order valence-electron chi connectivity index (χ1n) is 15.2. The van der Waals surface area contributed by atoms with Gasteiger partial charge in [0.15, 0.2) is 0 Å². The number of rotatable bonds is 6. The van der Waals surface area contributed by atoms with Gasteiger partial charge in [-0.1, -0.05) is 182 Å². The second-order valence-electron chi connectivity index (χ2n) is 11.2. The van der Waals surface area contributed by atoms with Crippen LogP contribution in [0, 0.1) is 0 Å². The zero-order valence-corrected chi connectivity index (χ0v) is 24.3. The van der Waals surface area contributed by atoms with E-state index in [0.717, 1.165) is 0 Å². The molecular weight excluding hydrogens is 528 g/mol. The standard InChI is InChI=1S/C44H30/c1-7-19-31(20-8-1)37-39(33-23-11-3-12-24-33)43-41(35-27-15-5-16-28-35)38(32-21-9-2-10-22-32)42(36-29-17-6-18-30-36)44(43)40(37)34-25-13-4-14-26-34/h1-30H. The molecule has 0 bridgehead atoms. The summed E-state index contributed by atoms with van der Waals surface area (Å²) >= 11 is 0. The number of fused-ring (bicyclic) bond motifs is 1. The minimum Gasteiger partial charge on any atom is -0.0622 e. The normalized spacial score (nSPS) is 14.5. The van der Waals surface area contributed by atoms with E-state index in [9.17, 15) is 0 Å². The SMILES string of the molecule is c1ccc(C2=C3C(=C(c4ccccc4)C(c4ccccc4)=C3c3ccccc3)C(c3ccccc3)=C2c2ccccc2)cc1. The maximum absolute atomic E-state index is 2.27. The molecule has 0 fully saturated rings. The van der Waals surface area contributed by atoms with Crippen molar-refractivity contribution in [2.45, 2.75) is 0 Å². The average Bonchev–Trinajstić information content (AvgIpc) is 3.63. The summed E-state index contributed by atoms with van der Waals surface area (Å²) in [5.41, 5.74) is 17.6. The third kappa shape index (κ3) is 4.32. The van der Waals surface area contributed by atoms with Crippen molar-refractivity contribution in [3.05, 3.63) is 227 Å². The van der Waals surface area contributed by atoms with Crippen LogP contribution in [0.3, 0.4) is 0 Å². The number of hydrogen-bond acceptors (Lipinski definition) is 0.